The van der Waals surface area contributed by atoms with Crippen LogP contribution in [0.3, 0.4) is 0 Å². The van der Waals surface area contributed by atoms with Gasteiger partial charge in [0.05, 0.1) is 6.42 Å². The number of carboxylic acid groups (broad SMARTS) is 1. The van der Waals surface area contributed by atoms with Gasteiger partial charge in [-0.25, -0.2) is 0 Å². The summed E-state index contributed by atoms with van der Waals surface area (Å²) in [6, 6.07) is 13.6. The van der Waals surface area contributed by atoms with Gasteiger partial charge in [-0.05, 0) is 71.9 Å². The third kappa shape index (κ3) is 9.80. The van der Waals surface area contributed by atoms with Crippen LogP contribution in [0.15, 0.2) is 83.8 Å². The fourth-order valence-electron chi connectivity index (χ4n) is 3.46. The monoisotopic (exact) mass is 611 g/mol. The van der Waals surface area contributed by atoms with Gasteiger partial charge in [-0.15, -0.1) is 13.2 Å². The van der Waals surface area contributed by atoms with Crippen molar-refractivity contribution in [1.82, 2.24) is 5.32 Å². The van der Waals surface area contributed by atoms with E-state index in [9.17, 15) is 45.5 Å². The molecule has 0 spiro atoms. The molecule has 0 unspecified atom stereocenters. The smallest absolute Gasteiger partial charge is 0.481 e. The molecule has 14 heteroatoms. The molecule has 3 aromatic rings. The van der Waals surface area contributed by atoms with Crippen molar-refractivity contribution in [2.24, 2.45) is 0 Å². The van der Waals surface area contributed by atoms with Gasteiger partial charge in [0.1, 0.15) is 5.75 Å². The van der Waals surface area contributed by atoms with Gasteiger partial charge in [0.25, 0.3) is 5.91 Å². The van der Waals surface area contributed by atoms with Crippen LogP contribution in [0.5, 0.6) is 5.75 Å². The fraction of sp³-hybridized carbons (Fsp3) is 0.143. The Bertz CT molecular complexity index is 1480. The van der Waals surface area contributed by atoms with E-state index in [0.29, 0.717) is 0 Å². The number of halogens is 6. The molecule has 1 amide bonds. The molecule has 0 bridgehead atoms. The van der Waals surface area contributed by atoms with E-state index in [4.69, 9.17) is 5.11 Å². The highest BCUT2D eigenvalue weighted by atomic mass is 32.2. The number of allylic oxidation sites excluding steroid dienone is 2. The lowest BCUT2D eigenvalue weighted by molar-refractivity contribution is -0.274. The zero-order valence-corrected chi connectivity index (χ0v) is 21.9. The number of rotatable bonds is 11. The van der Waals surface area contributed by atoms with Gasteiger partial charge >= 0.3 is 17.8 Å². The number of nitrogens with one attached hydrogen (secondary N) is 1. The van der Waals surface area contributed by atoms with E-state index in [2.05, 4.69) is 10.1 Å². The number of thioether (sulfide) groups is 1. The molecule has 0 saturated carbocycles. The normalized spacial score (nSPS) is 12.0. The Morgan fingerprint density at radius 1 is 0.762 bits per heavy atom. The largest absolute Gasteiger partial charge is 0.573 e. The first-order valence-corrected chi connectivity index (χ1v) is 12.6. The zero-order valence-electron chi connectivity index (χ0n) is 21.1. The molecule has 220 valence electrons. The maximum Gasteiger partial charge on any atom is 0.573 e. The Kier molecular flexibility index (Phi) is 10.2. The number of ether oxygens (including phenoxy) is 1. The average Bonchev–Trinajstić information content (AvgIpc) is 2.90. The van der Waals surface area contributed by atoms with Crippen LogP contribution in [0.25, 0.3) is 5.57 Å². The Hall–Kier alpha value is -4.59. The average molecular weight is 612 g/mol. The van der Waals surface area contributed by atoms with Gasteiger partial charge in [0.2, 0.25) is 0 Å². The lowest BCUT2D eigenvalue weighted by Gasteiger charge is -2.12. The SMILES string of the molecule is O=C(O)CCNC(=O)c1ccc(C(=O)/C(=C\C(=O)c2ccc(SC(F)(F)F)cc2)c2ccc(OC(F)(F)F)cc2)cc1. The van der Waals surface area contributed by atoms with Crippen LogP contribution in [0.4, 0.5) is 26.3 Å². The van der Waals surface area contributed by atoms with Crippen LogP contribution in [0.1, 0.15) is 43.1 Å². The molecule has 0 radical (unpaired) electrons. The van der Waals surface area contributed by atoms with Crippen LogP contribution < -0.4 is 10.1 Å². The minimum absolute atomic E-state index is 0.0105. The molecule has 0 aliphatic rings. The maximum absolute atomic E-state index is 13.4. The molecule has 3 aromatic carbocycles. The van der Waals surface area contributed by atoms with Crippen LogP contribution in [-0.2, 0) is 4.79 Å². The number of aliphatic carboxylic acids is 1. The van der Waals surface area contributed by atoms with E-state index in [1.165, 1.54) is 24.3 Å². The van der Waals surface area contributed by atoms with Crippen molar-refractivity contribution < 1.29 is 55.4 Å². The van der Waals surface area contributed by atoms with Crippen molar-refractivity contribution >= 4 is 40.8 Å². The molecule has 0 heterocycles. The summed E-state index contributed by atoms with van der Waals surface area (Å²) in [5.74, 6) is -3.82. The summed E-state index contributed by atoms with van der Waals surface area (Å²) in [5, 5.41) is 11.1. The first kappa shape index (κ1) is 31.9. The lowest BCUT2D eigenvalue weighted by Crippen LogP contribution is -2.26. The highest BCUT2D eigenvalue weighted by molar-refractivity contribution is 8.00. The summed E-state index contributed by atoms with van der Waals surface area (Å²) in [7, 11) is 0. The number of carboxylic acids is 1. The Labute approximate surface area is 238 Å². The molecule has 0 aliphatic heterocycles. The standard InChI is InChI=1S/C28H19F6NO6S/c29-27(30,31)41-20-9-5-16(6-10-20)22(15-23(36)17-7-11-21(12-8-17)42-28(32,33)34)25(39)18-1-3-19(4-2-18)26(40)35-14-13-24(37)38/h1-12,15H,13-14H2,(H,35,40)(H,37,38)/b22-15-. The minimum Gasteiger partial charge on any atom is -0.481 e. The van der Waals surface area contributed by atoms with Crippen molar-refractivity contribution in [3.63, 3.8) is 0 Å². The van der Waals surface area contributed by atoms with Crippen LogP contribution in [0.2, 0.25) is 0 Å². The second-order valence-electron chi connectivity index (χ2n) is 8.37. The van der Waals surface area contributed by atoms with E-state index in [-0.39, 0.29) is 57.4 Å². The Morgan fingerprint density at radius 2 is 1.29 bits per heavy atom. The van der Waals surface area contributed by atoms with Crippen LogP contribution in [0, 0.1) is 0 Å². The van der Waals surface area contributed by atoms with E-state index in [1.54, 1.807) is 0 Å². The van der Waals surface area contributed by atoms with Crippen molar-refractivity contribution in [3.8, 4) is 5.75 Å². The van der Waals surface area contributed by atoms with Crippen molar-refractivity contribution in [1.29, 1.82) is 0 Å². The first-order chi connectivity index (χ1) is 19.6. The van der Waals surface area contributed by atoms with Gasteiger partial charge in [-0.2, -0.15) is 13.2 Å². The van der Waals surface area contributed by atoms with Crippen molar-refractivity contribution in [2.75, 3.05) is 6.54 Å². The third-order valence-electron chi connectivity index (χ3n) is 5.33. The molecule has 0 atom stereocenters. The Balaban J connectivity index is 1.92. The Morgan fingerprint density at radius 3 is 1.81 bits per heavy atom. The number of carbonyl (C=O) groups is 4. The van der Waals surface area contributed by atoms with Gasteiger partial charge in [-0.3, -0.25) is 19.2 Å². The van der Waals surface area contributed by atoms with Gasteiger partial charge in [0.15, 0.2) is 11.6 Å². The number of ketones is 2. The minimum atomic E-state index is -4.97. The first-order valence-electron chi connectivity index (χ1n) is 11.7. The summed E-state index contributed by atoms with van der Waals surface area (Å²) in [6.07, 6.45) is -4.37. The summed E-state index contributed by atoms with van der Waals surface area (Å²) in [5.41, 5.74) is -4.74. The van der Waals surface area contributed by atoms with Crippen LogP contribution >= 0.6 is 11.8 Å². The summed E-state index contributed by atoms with van der Waals surface area (Å²) in [4.78, 5) is 49.1. The lowest BCUT2D eigenvalue weighted by atomic mass is 9.94. The molecule has 0 saturated heterocycles. The van der Waals surface area contributed by atoms with E-state index < -0.39 is 41.1 Å². The number of amides is 1. The molecular weight excluding hydrogens is 592 g/mol. The highest BCUT2D eigenvalue weighted by Crippen LogP contribution is 2.37. The topological polar surface area (TPSA) is 110 Å². The van der Waals surface area contributed by atoms with E-state index in [0.717, 1.165) is 54.6 Å². The van der Waals surface area contributed by atoms with Gasteiger partial charge < -0.3 is 15.2 Å². The van der Waals surface area contributed by atoms with Gasteiger partial charge in [0, 0.05) is 33.7 Å². The number of Topliss-reactive ketones (excluding diaryl/α,β-unsaturated/α-hetero) is 1. The molecule has 7 nitrogen and oxygen atoms in total. The van der Waals surface area contributed by atoms with Crippen molar-refractivity contribution in [3.05, 3.63) is 101 Å². The second kappa shape index (κ2) is 13.4. The molecule has 42 heavy (non-hydrogen) atoms. The predicted molar refractivity (Wildman–Crippen MR) is 139 cm³/mol. The molecule has 2 N–H and O–H groups in total. The highest BCUT2D eigenvalue weighted by Gasteiger charge is 2.31. The molecule has 0 aliphatic carbocycles. The number of carbonyl (C=O) groups excluding carboxylic acids is 3. The second-order valence-corrected chi connectivity index (χ2v) is 9.51. The number of benzene rings is 3. The summed E-state index contributed by atoms with van der Waals surface area (Å²) in [6.45, 7) is -0.131. The van der Waals surface area contributed by atoms with E-state index in [1.807, 2.05) is 0 Å². The number of hydrogen-bond donors (Lipinski definition) is 2. The van der Waals surface area contributed by atoms with Gasteiger partial charge in [-0.1, -0.05) is 24.3 Å². The number of alkyl halides is 6. The zero-order chi connectivity index (χ0) is 31.1. The molecule has 0 aromatic heterocycles. The molecule has 3 rings (SSSR count). The van der Waals surface area contributed by atoms with Crippen LogP contribution in [-0.4, -0.2) is 47.0 Å². The van der Waals surface area contributed by atoms with Crippen molar-refractivity contribution in [2.45, 2.75) is 23.2 Å². The number of hydrogen-bond acceptors (Lipinski definition) is 6. The maximum atomic E-state index is 13.4. The molecule has 0 fully saturated rings. The molecular formula is C28H19F6NO6S. The summed E-state index contributed by atoms with van der Waals surface area (Å²) < 4.78 is 79.4. The summed E-state index contributed by atoms with van der Waals surface area (Å²) >= 11 is -0.380. The van der Waals surface area contributed by atoms with E-state index >= 15 is 0 Å². The predicted octanol–water partition coefficient (Wildman–Crippen LogP) is 6.55. The third-order valence-corrected chi connectivity index (χ3v) is 6.06. The fourth-order valence-corrected chi connectivity index (χ4v) is 4.00. The quantitative estimate of drug-likeness (QED) is 0.110.